The SMILES string of the molecule is CC(O)C1CCN(S(=O)(=O)c2ccc(Cl)c(C#N)c2)C1. The fraction of sp³-hybridized carbons (Fsp3) is 0.462. The molecule has 1 N–H and O–H groups in total. The van der Waals surface area contributed by atoms with E-state index in [1.165, 1.54) is 22.5 Å². The van der Waals surface area contributed by atoms with E-state index in [0.717, 1.165) is 0 Å². The maximum absolute atomic E-state index is 12.5. The third-order valence-corrected chi connectivity index (χ3v) is 5.76. The van der Waals surface area contributed by atoms with Crippen LogP contribution >= 0.6 is 11.6 Å². The van der Waals surface area contributed by atoms with Gasteiger partial charge in [0, 0.05) is 13.1 Å². The number of nitrogens with zero attached hydrogens (tertiary/aromatic N) is 2. The highest BCUT2D eigenvalue weighted by Gasteiger charge is 2.34. The van der Waals surface area contributed by atoms with Crippen LogP contribution in [0.1, 0.15) is 18.9 Å². The highest BCUT2D eigenvalue weighted by Crippen LogP contribution is 2.28. The summed E-state index contributed by atoms with van der Waals surface area (Å²) >= 11 is 5.81. The molecule has 1 fully saturated rings. The average Bonchev–Trinajstić information content (AvgIpc) is 2.89. The molecule has 0 aliphatic carbocycles. The molecule has 1 saturated heterocycles. The van der Waals surface area contributed by atoms with Crippen LogP contribution in [-0.2, 0) is 10.0 Å². The summed E-state index contributed by atoms with van der Waals surface area (Å²) in [7, 11) is -3.64. The van der Waals surface area contributed by atoms with Crippen LogP contribution in [0.15, 0.2) is 23.1 Å². The summed E-state index contributed by atoms with van der Waals surface area (Å²) < 4.78 is 26.3. The minimum atomic E-state index is -3.64. The quantitative estimate of drug-likeness (QED) is 0.919. The van der Waals surface area contributed by atoms with Crippen molar-refractivity contribution >= 4 is 21.6 Å². The lowest BCUT2D eigenvalue weighted by molar-refractivity contribution is 0.133. The minimum absolute atomic E-state index is 0.0486. The fourth-order valence-electron chi connectivity index (χ4n) is 2.27. The van der Waals surface area contributed by atoms with E-state index in [4.69, 9.17) is 16.9 Å². The van der Waals surface area contributed by atoms with Gasteiger partial charge in [-0.1, -0.05) is 11.6 Å². The summed E-state index contributed by atoms with van der Waals surface area (Å²) in [6, 6.07) is 5.96. The lowest BCUT2D eigenvalue weighted by Gasteiger charge is -2.18. The molecule has 0 radical (unpaired) electrons. The molecule has 0 saturated carbocycles. The van der Waals surface area contributed by atoms with E-state index in [0.29, 0.717) is 19.5 Å². The van der Waals surface area contributed by atoms with Gasteiger partial charge in [-0.25, -0.2) is 8.42 Å². The van der Waals surface area contributed by atoms with Crippen LogP contribution in [0.25, 0.3) is 0 Å². The highest BCUT2D eigenvalue weighted by atomic mass is 35.5. The molecule has 1 aromatic carbocycles. The maximum atomic E-state index is 12.5. The predicted molar refractivity (Wildman–Crippen MR) is 74.7 cm³/mol. The Hall–Kier alpha value is -1.13. The molecular formula is C13H15ClN2O3S. The van der Waals surface area contributed by atoms with Crippen molar-refractivity contribution in [2.24, 2.45) is 5.92 Å². The molecule has 1 aromatic rings. The molecule has 20 heavy (non-hydrogen) atoms. The van der Waals surface area contributed by atoms with Crippen molar-refractivity contribution in [3.63, 3.8) is 0 Å². The number of benzene rings is 1. The Balaban J connectivity index is 2.30. The Morgan fingerprint density at radius 3 is 2.80 bits per heavy atom. The minimum Gasteiger partial charge on any atom is -0.393 e. The topological polar surface area (TPSA) is 81.4 Å². The first-order valence-corrected chi connectivity index (χ1v) is 8.06. The Morgan fingerprint density at radius 1 is 1.55 bits per heavy atom. The van der Waals surface area contributed by atoms with Crippen molar-refractivity contribution in [1.82, 2.24) is 4.31 Å². The van der Waals surface area contributed by atoms with Crippen LogP contribution in [0.3, 0.4) is 0 Å². The number of hydrogen-bond acceptors (Lipinski definition) is 4. The molecule has 108 valence electrons. The molecule has 1 heterocycles. The van der Waals surface area contributed by atoms with Crippen molar-refractivity contribution in [3.8, 4) is 6.07 Å². The third-order valence-electron chi connectivity index (χ3n) is 3.57. The Morgan fingerprint density at radius 2 is 2.25 bits per heavy atom. The first-order valence-electron chi connectivity index (χ1n) is 6.24. The smallest absolute Gasteiger partial charge is 0.243 e. The summed E-state index contributed by atoms with van der Waals surface area (Å²) in [6.07, 6.45) is 0.102. The molecule has 7 heteroatoms. The van der Waals surface area contributed by atoms with E-state index in [1.54, 1.807) is 6.92 Å². The number of aliphatic hydroxyl groups is 1. The number of rotatable bonds is 3. The first-order chi connectivity index (χ1) is 9.36. The summed E-state index contributed by atoms with van der Waals surface area (Å²) in [5, 5.41) is 18.7. The number of hydrogen-bond donors (Lipinski definition) is 1. The van der Waals surface area contributed by atoms with Crippen LogP contribution in [-0.4, -0.2) is 37.0 Å². The van der Waals surface area contributed by atoms with Gasteiger partial charge in [0.2, 0.25) is 10.0 Å². The van der Waals surface area contributed by atoms with Gasteiger partial charge in [-0.3, -0.25) is 0 Å². The van der Waals surface area contributed by atoms with Crippen LogP contribution < -0.4 is 0 Å². The summed E-state index contributed by atoms with van der Waals surface area (Å²) in [4.78, 5) is 0.0599. The molecule has 0 amide bonds. The number of halogens is 1. The molecule has 5 nitrogen and oxygen atoms in total. The van der Waals surface area contributed by atoms with Gasteiger partial charge in [0.25, 0.3) is 0 Å². The lowest BCUT2D eigenvalue weighted by atomic mass is 10.0. The van der Waals surface area contributed by atoms with Crippen molar-refractivity contribution in [3.05, 3.63) is 28.8 Å². The maximum Gasteiger partial charge on any atom is 0.243 e. The van der Waals surface area contributed by atoms with Crippen molar-refractivity contribution in [2.75, 3.05) is 13.1 Å². The number of aliphatic hydroxyl groups excluding tert-OH is 1. The van der Waals surface area contributed by atoms with Gasteiger partial charge in [-0.2, -0.15) is 9.57 Å². The van der Waals surface area contributed by atoms with Crippen LogP contribution in [0.5, 0.6) is 0 Å². The standard InChI is InChI=1S/C13H15ClN2O3S/c1-9(17)10-4-5-16(8-10)20(18,19)12-2-3-13(14)11(6-12)7-15/h2-3,6,9-10,17H,4-5,8H2,1H3. The van der Waals surface area contributed by atoms with E-state index in [1.807, 2.05) is 6.07 Å². The van der Waals surface area contributed by atoms with E-state index in [9.17, 15) is 13.5 Å². The van der Waals surface area contributed by atoms with Gasteiger partial charge in [0.15, 0.2) is 0 Å². The molecule has 0 bridgehead atoms. The fourth-order valence-corrected chi connectivity index (χ4v) is 3.96. The molecular weight excluding hydrogens is 300 g/mol. The Bertz CT molecular complexity index is 652. The van der Waals surface area contributed by atoms with Gasteiger partial charge in [-0.15, -0.1) is 0 Å². The van der Waals surface area contributed by atoms with Crippen molar-refractivity contribution in [1.29, 1.82) is 5.26 Å². The second-order valence-electron chi connectivity index (χ2n) is 4.91. The second-order valence-corrected chi connectivity index (χ2v) is 7.25. The molecule has 0 spiro atoms. The molecule has 2 rings (SSSR count). The Labute approximate surface area is 123 Å². The zero-order valence-electron chi connectivity index (χ0n) is 11.0. The van der Waals surface area contributed by atoms with Crippen LogP contribution in [0.2, 0.25) is 5.02 Å². The first kappa shape index (κ1) is 15.3. The highest BCUT2D eigenvalue weighted by molar-refractivity contribution is 7.89. The van der Waals surface area contributed by atoms with Crippen molar-refractivity contribution in [2.45, 2.75) is 24.3 Å². The van der Waals surface area contributed by atoms with Gasteiger partial charge in [-0.05, 0) is 37.5 Å². The van der Waals surface area contributed by atoms with E-state index >= 15 is 0 Å². The normalized spacial score (nSPS) is 21.6. The second kappa shape index (κ2) is 5.70. The van der Waals surface area contributed by atoms with Crippen molar-refractivity contribution < 1.29 is 13.5 Å². The predicted octanol–water partition coefficient (Wildman–Crippen LogP) is 1.60. The van der Waals surface area contributed by atoms with Gasteiger partial charge >= 0.3 is 0 Å². The number of nitriles is 1. The molecule has 0 aromatic heterocycles. The van der Waals surface area contributed by atoms with Gasteiger partial charge in [0.05, 0.1) is 21.6 Å². The zero-order valence-corrected chi connectivity index (χ0v) is 12.5. The van der Waals surface area contributed by atoms with Crippen LogP contribution in [0.4, 0.5) is 0 Å². The average molecular weight is 315 g/mol. The number of sulfonamides is 1. The summed E-state index contributed by atoms with van der Waals surface area (Å²) in [5.74, 6) is -0.0486. The molecule has 2 unspecified atom stereocenters. The molecule has 1 aliphatic heterocycles. The summed E-state index contributed by atoms with van der Waals surface area (Å²) in [5.41, 5.74) is 0.138. The monoisotopic (exact) mass is 314 g/mol. The van der Waals surface area contributed by atoms with E-state index < -0.39 is 16.1 Å². The molecule has 1 aliphatic rings. The zero-order chi connectivity index (χ0) is 14.9. The largest absolute Gasteiger partial charge is 0.393 e. The third kappa shape index (κ3) is 2.81. The summed E-state index contributed by atoms with van der Waals surface area (Å²) in [6.45, 7) is 2.34. The Kier molecular flexibility index (Phi) is 4.35. The lowest BCUT2D eigenvalue weighted by Crippen LogP contribution is -2.30. The van der Waals surface area contributed by atoms with Crippen LogP contribution in [0, 0.1) is 17.2 Å². The van der Waals surface area contributed by atoms with Gasteiger partial charge < -0.3 is 5.11 Å². The van der Waals surface area contributed by atoms with Gasteiger partial charge in [0.1, 0.15) is 6.07 Å². The molecule has 2 atom stereocenters. The van der Waals surface area contributed by atoms with E-state index in [-0.39, 0.29) is 21.4 Å². The van der Waals surface area contributed by atoms with E-state index in [2.05, 4.69) is 0 Å².